The second-order valence-electron chi connectivity index (χ2n) is 9.36. The molecular formula is C24H38N4O3. The van der Waals surface area contributed by atoms with E-state index in [0.717, 1.165) is 38.6 Å². The lowest BCUT2D eigenvalue weighted by Gasteiger charge is -2.33. The fourth-order valence-corrected chi connectivity index (χ4v) is 3.85. The predicted octanol–water partition coefficient (Wildman–Crippen LogP) is 1.91. The molecule has 4 N–H and O–H groups in total. The lowest BCUT2D eigenvalue weighted by molar-refractivity contribution is -0.135. The Balaban J connectivity index is 2.00. The second kappa shape index (κ2) is 11.8. The van der Waals surface area contributed by atoms with Gasteiger partial charge >= 0.3 is 0 Å². The van der Waals surface area contributed by atoms with Crippen LogP contribution in [0.25, 0.3) is 0 Å². The highest BCUT2D eigenvalue weighted by Gasteiger charge is 2.36. The first kappa shape index (κ1) is 24.9. The first-order chi connectivity index (χ1) is 14.7. The molecule has 0 aromatic heterocycles. The fourth-order valence-electron chi connectivity index (χ4n) is 3.85. The molecule has 0 bridgehead atoms. The number of hydrogen-bond donors (Lipinski definition) is 4. The molecule has 0 saturated carbocycles. The van der Waals surface area contributed by atoms with Crippen molar-refractivity contribution in [3.63, 3.8) is 0 Å². The molecule has 1 aromatic carbocycles. The predicted molar refractivity (Wildman–Crippen MR) is 122 cm³/mol. The Labute approximate surface area is 186 Å². The molecule has 1 aliphatic heterocycles. The topological polar surface area (TPSA) is 99.3 Å². The van der Waals surface area contributed by atoms with Crippen LogP contribution in [0.1, 0.15) is 58.4 Å². The summed E-state index contributed by atoms with van der Waals surface area (Å²) < 4.78 is 0. The highest BCUT2D eigenvalue weighted by Crippen LogP contribution is 2.21. The highest BCUT2D eigenvalue weighted by atomic mass is 16.2. The van der Waals surface area contributed by atoms with Gasteiger partial charge in [0.25, 0.3) is 0 Å². The molecule has 0 unspecified atom stereocenters. The molecule has 31 heavy (non-hydrogen) atoms. The molecule has 1 fully saturated rings. The van der Waals surface area contributed by atoms with Crippen molar-refractivity contribution in [2.75, 3.05) is 13.6 Å². The normalized spacial score (nSPS) is 18.5. The van der Waals surface area contributed by atoms with Crippen LogP contribution in [0, 0.1) is 5.41 Å². The Hall–Kier alpha value is -2.41. The van der Waals surface area contributed by atoms with Crippen LogP contribution in [-0.4, -0.2) is 49.4 Å². The van der Waals surface area contributed by atoms with Crippen molar-refractivity contribution in [3.8, 4) is 0 Å². The maximum Gasteiger partial charge on any atom is 0.243 e. The number of carbonyl (C=O) groups excluding carboxylic acids is 3. The number of rotatable bonds is 9. The van der Waals surface area contributed by atoms with Gasteiger partial charge in [-0.2, -0.15) is 0 Å². The van der Waals surface area contributed by atoms with E-state index in [0.29, 0.717) is 6.42 Å². The van der Waals surface area contributed by atoms with E-state index in [2.05, 4.69) is 33.4 Å². The monoisotopic (exact) mass is 430 g/mol. The van der Waals surface area contributed by atoms with Crippen molar-refractivity contribution < 1.29 is 14.4 Å². The van der Waals surface area contributed by atoms with Gasteiger partial charge < -0.3 is 21.3 Å². The maximum atomic E-state index is 13.1. The van der Waals surface area contributed by atoms with Gasteiger partial charge in [-0.3, -0.25) is 14.4 Å². The molecule has 1 heterocycles. The maximum absolute atomic E-state index is 13.1. The van der Waals surface area contributed by atoms with E-state index in [9.17, 15) is 14.4 Å². The number of amides is 3. The summed E-state index contributed by atoms with van der Waals surface area (Å²) >= 11 is 0. The average molecular weight is 431 g/mol. The SMILES string of the molecule is CNC(=O)[C@@H](CCCc1ccccc1)NC(=O)[C@H](NC(=O)[C@@H]1CCCCN1)C(C)(C)C. The Morgan fingerprint density at radius 2 is 1.77 bits per heavy atom. The van der Waals surface area contributed by atoms with Crippen LogP contribution in [0.4, 0.5) is 0 Å². The van der Waals surface area contributed by atoms with E-state index in [1.807, 2.05) is 39.0 Å². The third-order valence-electron chi connectivity index (χ3n) is 5.72. The molecule has 3 atom stereocenters. The quantitative estimate of drug-likeness (QED) is 0.481. The van der Waals surface area contributed by atoms with Gasteiger partial charge in [0.1, 0.15) is 12.1 Å². The van der Waals surface area contributed by atoms with Gasteiger partial charge in [-0.1, -0.05) is 57.5 Å². The standard InChI is InChI=1S/C24H38N4O3/c1-24(2,3)20(28-22(30)18-14-8-9-16-26-18)23(31)27-19(21(29)25-4)15-10-13-17-11-6-5-7-12-17/h5-7,11-12,18-20,26H,8-10,13-16H2,1-4H3,(H,25,29)(H,27,31)(H,28,30)/t18-,19+,20-/m0/s1. The van der Waals surface area contributed by atoms with Gasteiger partial charge in [0.2, 0.25) is 17.7 Å². The lowest BCUT2D eigenvalue weighted by Crippen LogP contribution is -2.60. The lowest BCUT2D eigenvalue weighted by atomic mass is 9.85. The molecule has 2 rings (SSSR count). The summed E-state index contributed by atoms with van der Waals surface area (Å²) in [6.07, 6.45) is 4.94. The number of nitrogens with one attached hydrogen (secondary N) is 4. The van der Waals surface area contributed by atoms with Crippen LogP contribution in [0.2, 0.25) is 0 Å². The summed E-state index contributed by atoms with van der Waals surface area (Å²) in [5, 5.41) is 11.7. The van der Waals surface area contributed by atoms with E-state index in [-0.39, 0.29) is 23.8 Å². The minimum absolute atomic E-state index is 0.157. The molecule has 1 aromatic rings. The minimum atomic E-state index is -0.731. The zero-order valence-corrected chi connectivity index (χ0v) is 19.3. The van der Waals surface area contributed by atoms with Gasteiger partial charge in [-0.15, -0.1) is 0 Å². The summed E-state index contributed by atoms with van der Waals surface area (Å²) in [5.74, 6) is -0.713. The molecule has 0 spiro atoms. The summed E-state index contributed by atoms with van der Waals surface area (Å²) in [7, 11) is 1.57. The van der Waals surface area contributed by atoms with Crippen LogP contribution < -0.4 is 21.3 Å². The van der Waals surface area contributed by atoms with Gasteiger partial charge in [0.15, 0.2) is 0 Å². The van der Waals surface area contributed by atoms with E-state index >= 15 is 0 Å². The zero-order chi connectivity index (χ0) is 22.9. The molecule has 1 saturated heterocycles. The third-order valence-corrected chi connectivity index (χ3v) is 5.72. The average Bonchev–Trinajstić information content (AvgIpc) is 2.76. The van der Waals surface area contributed by atoms with Crippen molar-refractivity contribution in [3.05, 3.63) is 35.9 Å². The molecule has 7 nitrogen and oxygen atoms in total. The molecule has 0 aliphatic carbocycles. The Morgan fingerprint density at radius 3 is 2.35 bits per heavy atom. The van der Waals surface area contributed by atoms with Crippen molar-refractivity contribution >= 4 is 17.7 Å². The third kappa shape index (κ3) is 7.98. The number of likely N-dealkylation sites (N-methyl/N-ethyl adjacent to an activating group) is 1. The molecule has 172 valence electrons. The minimum Gasteiger partial charge on any atom is -0.357 e. The molecule has 7 heteroatoms. The number of benzene rings is 1. The molecule has 0 radical (unpaired) electrons. The van der Waals surface area contributed by atoms with Gasteiger partial charge in [-0.05, 0) is 49.6 Å². The number of piperidine rings is 1. The number of aryl methyl sites for hydroxylation is 1. The van der Waals surface area contributed by atoms with E-state index < -0.39 is 17.5 Å². The van der Waals surface area contributed by atoms with Crippen molar-refractivity contribution in [2.24, 2.45) is 5.41 Å². The van der Waals surface area contributed by atoms with Crippen LogP contribution in [0.5, 0.6) is 0 Å². The summed E-state index contributed by atoms with van der Waals surface area (Å²) in [4.78, 5) is 38.3. The van der Waals surface area contributed by atoms with Crippen molar-refractivity contribution in [1.29, 1.82) is 0 Å². The molecule has 3 amide bonds. The van der Waals surface area contributed by atoms with Gasteiger partial charge in [-0.25, -0.2) is 0 Å². The molecule has 1 aliphatic rings. The van der Waals surface area contributed by atoms with Gasteiger partial charge in [0.05, 0.1) is 6.04 Å². The second-order valence-corrected chi connectivity index (χ2v) is 9.36. The largest absolute Gasteiger partial charge is 0.357 e. The molecular weight excluding hydrogens is 392 g/mol. The number of hydrogen-bond acceptors (Lipinski definition) is 4. The summed E-state index contributed by atoms with van der Waals surface area (Å²) in [6.45, 7) is 6.55. The first-order valence-electron chi connectivity index (χ1n) is 11.3. The van der Waals surface area contributed by atoms with E-state index in [1.54, 1.807) is 7.05 Å². The Morgan fingerprint density at radius 1 is 1.06 bits per heavy atom. The van der Waals surface area contributed by atoms with Crippen LogP contribution in [0.15, 0.2) is 30.3 Å². The van der Waals surface area contributed by atoms with Crippen molar-refractivity contribution in [1.82, 2.24) is 21.3 Å². The highest BCUT2D eigenvalue weighted by molar-refractivity contribution is 5.93. The number of carbonyl (C=O) groups is 3. The Kier molecular flexibility index (Phi) is 9.49. The van der Waals surface area contributed by atoms with Gasteiger partial charge in [0, 0.05) is 7.05 Å². The summed E-state index contributed by atoms with van der Waals surface area (Å²) in [5.41, 5.74) is 0.704. The zero-order valence-electron chi connectivity index (χ0n) is 19.3. The fraction of sp³-hybridized carbons (Fsp3) is 0.625. The Bertz CT molecular complexity index is 724. The van der Waals surface area contributed by atoms with Crippen LogP contribution in [-0.2, 0) is 20.8 Å². The van der Waals surface area contributed by atoms with E-state index in [1.165, 1.54) is 5.56 Å². The van der Waals surface area contributed by atoms with E-state index in [4.69, 9.17) is 0 Å². The van der Waals surface area contributed by atoms with Crippen LogP contribution >= 0.6 is 0 Å². The summed E-state index contributed by atoms with van der Waals surface area (Å²) in [6, 6.07) is 8.42. The first-order valence-corrected chi connectivity index (χ1v) is 11.3. The smallest absolute Gasteiger partial charge is 0.243 e. The van der Waals surface area contributed by atoms with Crippen molar-refractivity contribution in [2.45, 2.75) is 77.4 Å². The van der Waals surface area contributed by atoms with Crippen LogP contribution in [0.3, 0.4) is 0 Å².